The summed E-state index contributed by atoms with van der Waals surface area (Å²) < 4.78 is 28.3. The molecule has 1 aliphatic rings. The molecular weight excluding hydrogens is 496 g/mol. The van der Waals surface area contributed by atoms with Gasteiger partial charge in [-0.05, 0) is 70.4 Å². The number of allylic oxidation sites excluding steroid dienone is 2. The van der Waals surface area contributed by atoms with Crippen LogP contribution in [0.2, 0.25) is 0 Å². The number of fused-ring (bicyclic) bond motifs is 1. The van der Waals surface area contributed by atoms with Crippen molar-refractivity contribution in [1.29, 1.82) is 0 Å². The Hall–Kier alpha value is -2.51. The van der Waals surface area contributed by atoms with Crippen LogP contribution >= 0.6 is 0 Å². The van der Waals surface area contributed by atoms with E-state index in [0.717, 1.165) is 48.0 Å². The second kappa shape index (κ2) is 13.7. The molecule has 1 aromatic heterocycles. The van der Waals surface area contributed by atoms with E-state index >= 15 is 0 Å². The van der Waals surface area contributed by atoms with E-state index in [-0.39, 0.29) is 30.7 Å². The Kier molecular flexibility index (Phi) is 10.9. The third kappa shape index (κ3) is 7.57. The van der Waals surface area contributed by atoms with Crippen LogP contribution in [0.1, 0.15) is 84.5 Å². The molecule has 0 unspecified atom stereocenters. The second-order valence-electron chi connectivity index (χ2n) is 11.8. The average Bonchev–Trinajstić information content (AvgIpc) is 3.32. The van der Waals surface area contributed by atoms with Gasteiger partial charge in [0.1, 0.15) is 17.4 Å². The zero-order chi connectivity index (χ0) is 28.9. The largest absolute Gasteiger partial charge is 0.492 e. The molecule has 7 heteroatoms. The van der Waals surface area contributed by atoms with Crippen molar-refractivity contribution in [2.75, 3.05) is 21.0 Å². The molecule has 218 valence electrons. The molecule has 1 aromatic carbocycles. The summed E-state index contributed by atoms with van der Waals surface area (Å²) >= 11 is 0. The predicted molar refractivity (Wildman–Crippen MR) is 153 cm³/mol. The summed E-state index contributed by atoms with van der Waals surface area (Å²) in [5.74, 6) is 2.64. The number of cyclic esters (lactones) is 1. The minimum atomic E-state index is -0.629. The van der Waals surface area contributed by atoms with Gasteiger partial charge in [0.15, 0.2) is 18.3 Å². The molecule has 0 spiro atoms. The van der Waals surface area contributed by atoms with Crippen molar-refractivity contribution in [2.45, 2.75) is 92.3 Å². The highest BCUT2D eigenvalue weighted by Crippen LogP contribution is 2.40. The summed E-state index contributed by atoms with van der Waals surface area (Å²) in [7, 11) is 3.23. The number of benzene rings is 1. The van der Waals surface area contributed by atoms with Gasteiger partial charge in [0, 0.05) is 29.9 Å². The van der Waals surface area contributed by atoms with E-state index in [1.807, 2.05) is 19.9 Å². The normalized spacial score (nSPS) is 24.4. The summed E-state index contributed by atoms with van der Waals surface area (Å²) in [4.78, 5) is 12.0. The molecule has 0 bridgehead atoms. The van der Waals surface area contributed by atoms with E-state index < -0.39 is 12.0 Å². The summed E-state index contributed by atoms with van der Waals surface area (Å²) in [5, 5.41) is 11.3. The molecule has 39 heavy (non-hydrogen) atoms. The standard InChI is InChI=1S/C32H48O7/c1-18(10-11-26-22(5)29(33)23(6)32(34)39-26)12-19(2)13-20(3)14-21(4)27-15-25-16-28(37-17-35-8)31(36-9)24(7)30(25)38-27/h12,15-16,18,20-23,26,29,33H,10-11,13-14,17H2,1-9H3/b19-12+/t18-,20+,21-,22-,23+,26+,29-/m0/s1. The van der Waals surface area contributed by atoms with Gasteiger partial charge in [0.25, 0.3) is 0 Å². The lowest BCUT2D eigenvalue weighted by Crippen LogP contribution is -2.46. The number of aryl methyl sites for hydroxylation is 1. The first-order valence-electron chi connectivity index (χ1n) is 14.2. The zero-order valence-electron chi connectivity index (χ0n) is 25.2. The predicted octanol–water partition coefficient (Wildman–Crippen LogP) is 7.17. The summed E-state index contributed by atoms with van der Waals surface area (Å²) in [6.45, 7) is 14.8. The molecule has 2 heterocycles. The van der Waals surface area contributed by atoms with Crippen molar-refractivity contribution in [2.24, 2.45) is 23.7 Å². The molecule has 1 fully saturated rings. The number of hydrogen-bond donors (Lipinski definition) is 1. The Bertz CT molecular complexity index is 1130. The number of aliphatic hydroxyl groups excluding tert-OH is 1. The molecule has 3 rings (SSSR count). The van der Waals surface area contributed by atoms with E-state index in [1.165, 1.54) is 5.57 Å². The Morgan fingerprint density at radius 3 is 2.56 bits per heavy atom. The van der Waals surface area contributed by atoms with Gasteiger partial charge in [-0.15, -0.1) is 0 Å². The molecule has 1 saturated heterocycles. The highest BCUT2D eigenvalue weighted by molar-refractivity contribution is 5.86. The number of hydrogen-bond acceptors (Lipinski definition) is 7. The van der Waals surface area contributed by atoms with Crippen molar-refractivity contribution in [3.8, 4) is 11.5 Å². The van der Waals surface area contributed by atoms with Crippen molar-refractivity contribution in [1.82, 2.24) is 0 Å². The SMILES string of the molecule is COCOc1cc2cc([C@@H](C)C[C@H](C)C/C(C)=C/[C@@H](C)CC[C@H]3OC(=O)[C@H](C)[C@@H](O)[C@H]3C)oc2c(C)c1OC. The highest BCUT2D eigenvalue weighted by Gasteiger charge is 2.40. The fourth-order valence-corrected chi connectivity index (χ4v) is 5.96. The van der Waals surface area contributed by atoms with Crippen LogP contribution in [0.4, 0.5) is 0 Å². The minimum Gasteiger partial charge on any atom is -0.492 e. The first-order chi connectivity index (χ1) is 18.5. The maximum Gasteiger partial charge on any atom is 0.311 e. The van der Waals surface area contributed by atoms with Crippen LogP contribution in [0.5, 0.6) is 11.5 Å². The number of esters is 1. The Morgan fingerprint density at radius 1 is 1.18 bits per heavy atom. The Balaban J connectivity index is 1.57. The maximum atomic E-state index is 12.0. The van der Waals surface area contributed by atoms with E-state index in [0.29, 0.717) is 23.3 Å². The lowest BCUT2D eigenvalue weighted by atomic mass is 9.83. The minimum absolute atomic E-state index is 0.0379. The summed E-state index contributed by atoms with van der Waals surface area (Å²) in [6.07, 6.45) is 5.21. The molecule has 0 saturated carbocycles. The van der Waals surface area contributed by atoms with Crippen LogP contribution in [0.15, 0.2) is 28.2 Å². The molecule has 0 aliphatic carbocycles. The number of carbonyl (C=O) groups excluding carboxylic acids is 1. The second-order valence-corrected chi connectivity index (χ2v) is 11.8. The highest BCUT2D eigenvalue weighted by atomic mass is 16.7. The quantitative estimate of drug-likeness (QED) is 0.162. The first kappa shape index (κ1) is 31.0. The Labute approximate surface area is 233 Å². The third-order valence-electron chi connectivity index (χ3n) is 8.17. The van der Waals surface area contributed by atoms with Crippen LogP contribution in [0.3, 0.4) is 0 Å². The molecule has 1 N–H and O–H groups in total. The third-order valence-corrected chi connectivity index (χ3v) is 8.17. The van der Waals surface area contributed by atoms with Crippen LogP contribution in [0.25, 0.3) is 11.0 Å². The molecule has 7 nitrogen and oxygen atoms in total. The number of carbonyl (C=O) groups is 1. The van der Waals surface area contributed by atoms with Gasteiger partial charge in [-0.2, -0.15) is 0 Å². The lowest BCUT2D eigenvalue weighted by Gasteiger charge is -2.36. The van der Waals surface area contributed by atoms with Crippen molar-refractivity contribution in [3.63, 3.8) is 0 Å². The zero-order valence-corrected chi connectivity index (χ0v) is 25.2. The van der Waals surface area contributed by atoms with Crippen molar-refractivity contribution in [3.05, 3.63) is 35.1 Å². The number of rotatable bonds is 13. The number of methoxy groups -OCH3 is 2. The van der Waals surface area contributed by atoms with Gasteiger partial charge in [0.05, 0.1) is 19.1 Å². The molecule has 2 aromatic rings. The monoisotopic (exact) mass is 544 g/mol. The lowest BCUT2D eigenvalue weighted by molar-refractivity contribution is -0.178. The average molecular weight is 545 g/mol. The fraction of sp³-hybridized carbons (Fsp3) is 0.656. The van der Waals surface area contributed by atoms with Crippen molar-refractivity contribution < 1.29 is 33.3 Å². The molecule has 1 aliphatic heterocycles. The molecule has 0 amide bonds. The summed E-state index contributed by atoms with van der Waals surface area (Å²) in [5.41, 5.74) is 3.12. The maximum absolute atomic E-state index is 12.0. The van der Waals surface area contributed by atoms with Crippen LogP contribution < -0.4 is 9.47 Å². The van der Waals surface area contributed by atoms with Gasteiger partial charge >= 0.3 is 5.97 Å². The number of furan rings is 1. The molecule has 7 atom stereocenters. The van der Waals surface area contributed by atoms with E-state index in [1.54, 1.807) is 21.1 Å². The van der Waals surface area contributed by atoms with Crippen molar-refractivity contribution >= 4 is 16.9 Å². The smallest absolute Gasteiger partial charge is 0.311 e. The van der Waals surface area contributed by atoms with Gasteiger partial charge < -0.3 is 28.5 Å². The van der Waals surface area contributed by atoms with Crippen LogP contribution in [-0.4, -0.2) is 44.3 Å². The van der Waals surface area contributed by atoms with Gasteiger partial charge in [-0.1, -0.05) is 39.3 Å². The fourth-order valence-electron chi connectivity index (χ4n) is 5.96. The number of aliphatic hydroxyl groups is 1. The molecular formula is C32H48O7. The molecule has 0 radical (unpaired) electrons. The topological polar surface area (TPSA) is 87.4 Å². The summed E-state index contributed by atoms with van der Waals surface area (Å²) in [6, 6.07) is 4.06. The van der Waals surface area contributed by atoms with E-state index in [4.69, 9.17) is 23.4 Å². The van der Waals surface area contributed by atoms with Crippen LogP contribution in [-0.2, 0) is 14.3 Å². The van der Waals surface area contributed by atoms with Gasteiger partial charge in [0.2, 0.25) is 0 Å². The first-order valence-corrected chi connectivity index (χ1v) is 14.2. The van der Waals surface area contributed by atoms with Gasteiger partial charge in [-0.3, -0.25) is 4.79 Å². The van der Waals surface area contributed by atoms with Gasteiger partial charge in [-0.25, -0.2) is 0 Å². The number of ether oxygens (including phenoxy) is 4. The Morgan fingerprint density at radius 2 is 1.90 bits per heavy atom. The van der Waals surface area contributed by atoms with Crippen LogP contribution in [0, 0.1) is 30.6 Å². The van der Waals surface area contributed by atoms with E-state index in [9.17, 15) is 9.90 Å². The van der Waals surface area contributed by atoms with E-state index in [2.05, 4.69) is 39.8 Å².